The Hall–Kier alpha value is -2.29. The molecule has 1 aliphatic carbocycles. The fourth-order valence-electron chi connectivity index (χ4n) is 2.80. The maximum Gasteiger partial charge on any atom is 0.185 e. The Labute approximate surface area is 123 Å². The van der Waals surface area contributed by atoms with Gasteiger partial charge in [-0.15, -0.1) is 0 Å². The van der Waals surface area contributed by atoms with Crippen molar-refractivity contribution < 1.29 is 9.52 Å². The molecule has 0 unspecified atom stereocenters. The summed E-state index contributed by atoms with van der Waals surface area (Å²) in [6.45, 7) is 6.01. The molecule has 21 heavy (non-hydrogen) atoms. The molecule has 1 N–H and O–H groups in total. The molecule has 0 aromatic heterocycles. The highest BCUT2D eigenvalue weighted by Gasteiger charge is 2.16. The molecule has 2 aliphatic rings. The second kappa shape index (κ2) is 4.92. The SMILES string of the molecule is CCc1cc2c(C)c3cc(CC)c(=O)cc-3oc2cc1O. The van der Waals surface area contributed by atoms with Crippen molar-refractivity contribution in [2.45, 2.75) is 33.6 Å². The quantitative estimate of drug-likeness (QED) is 0.722. The lowest BCUT2D eigenvalue weighted by Crippen LogP contribution is -2.08. The Kier molecular flexibility index (Phi) is 3.20. The van der Waals surface area contributed by atoms with Gasteiger partial charge in [-0.3, -0.25) is 4.79 Å². The third kappa shape index (κ3) is 2.09. The van der Waals surface area contributed by atoms with E-state index in [4.69, 9.17) is 4.42 Å². The van der Waals surface area contributed by atoms with Crippen LogP contribution in [0.2, 0.25) is 0 Å². The first-order chi connectivity index (χ1) is 10.0. The highest BCUT2D eigenvalue weighted by Crippen LogP contribution is 2.35. The van der Waals surface area contributed by atoms with Gasteiger partial charge < -0.3 is 9.52 Å². The normalized spacial score (nSPS) is 11.4. The summed E-state index contributed by atoms with van der Waals surface area (Å²) in [5, 5.41) is 11.0. The number of phenolic OH excluding ortho intramolecular Hbond substituents is 1. The molecule has 3 heteroatoms. The van der Waals surface area contributed by atoms with E-state index in [0.29, 0.717) is 17.8 Å². The Morgan fingerprint density at radius 1 is 1.05 bits per heavy atom. The zero-order chi connectivity index (χ0) is 15.1. The van der Waals surface area contributed by atoms with E-state index in [-0.39, 0.29) is 11.2 Å². The lowest BCUT2D eigenvalue weighted by atomic mass is 9.96. The molecular weight excluding hydrogens is 264 g/mol. The average Bonchev–Trinajstić information content (AvgIpc) is 2.46. The third-order valence-corrected chi connectivity index (χ3v) is 4.13. The fraction of sp³-hybridized carbons (Fsp3) is 0.278. The van der Waals surface area contributed by atoms with Crippen LogP contribution in [0.3, 0.4) is 0 Å². The van der Waals surface area contributed by atoms with Crippen molar-refractivity contribution in [3.8, 4) is 17.1 Å². The van der Waals surface area contributed by atoms with Crippen LogP contribution in [0.1, 0.15) is 30.5 Å². The van der Waals surface area contributed by atoms with Crippen LogP contribution >= 0.6 is 0 Å². The van der Waals surface area contributed by atoms with E-state index in [0.717, 1.165) is 34.1 Å². The summed E-state index contributed by atoms with van der Waals surface area (Å²) in [5.74, 6) is 0.811. The molecule has 1 aromatic rings. The summed E-state index contributed by atoms with van der Waals surface area (Å²) < 4.78 is 5.83. The standard InChI is InChI=1S/C18H18O3/c1-4-11-6-13-10(3)14-7-12(5-2)16(20)9-18(14)21-17(13)8-15(11)19/h6-9,19H,4-5H2,1-3H3. The Bertz CT molecular complexity index is 859. The highest BCUT2D eigenvalue weighted by atomic mass is 16.3. The van der Waals surface area contributed by atoms with E-state index in [1.807, 2.05) is 32.9 Å². The van der Waals surface area contributed by atoms with Crippen LogP contribution in [-0.4, -0.2) is 5.11 Å². The van der Waals surface area contributed by atoms with Crippen LogP contribution in [0, 0.1) is 6.92 Å². The van der Waals surface area contributed by atoms with Crippen molar-refractivity contribution in [2.75, 3.05) is 0 Å². The lowest BCUT2D eigenvalue weighted by molar-refractivity contribution is 0.468. The molecular formula is C18H18O3. The monoisotopic (exact) mass is 282 g/mol. The van der Waals surface area contributed by atoms with E-state index in [1.54, 1.807) is 12.1 Å². The molecule has 0 fully saturated rings. The van der Waals surface area contributed by atoms with E-state index >= 15 is 0 Å². The molecule has 0 atom stereocenters. The minimum absolute atomic E-state index is 0.00176. The van der Waals surface area contributed by atoms with Crippen LogP contribution in [0.5, 0.6) is 5.75 Å². The number of rotatable bonds is 2. The van der Waals surface area contributed by atoms with Gasteiger partial charge in [0, 0.05) is 28.6 Å². The second-order valence-electron chi connectivity index (χ2n) is 5.37. The third-order valence-electron chi connectivity index (χ3n) is 4.13. The molecule has 0 saturated carbocycles. The number of hydrogen-bond acceptors (Lipinski definition) is 3. The van der Waals surface area contributed by atoms with Gasteiger partial charge in [-0.25, -0.2) is 0 Å². The van der Waals surface area contributed by atoms with Gasteiger partial charge in [0.25, 0.3) is 0 Å². The molecule has 1 heterocycles. The Balaban J connectivity index is 2.44. The summed E-state index contributed by atoms with van der Waals surface area (Å²) in [6.07, 6.45) is 1.47. The molecule has 108 valence electrons. The van der Waals surface area contributed by atoms with Crippen LogP contribution in [0.4, 0.5) is 0 Å². The number of phenols is 1. The van der Waals surface area contributed by atoms with Crippen LogP contribution in [-0.2, 0) is 12.8 Å². The van der Waals surface area contributed by atoms with Crippen LogP contribution in [0.25, 0.3) is 22.3 Å². The Morgan fingerprint density at radius 2 is 1.76 bits per heavy atom. The first-order valence-corrected chi connectivity index (χ1v) is 7.27. The predicted octanol–water partition coefficient (Wildman–Crippen LogP) is 4.04. The first kappa shape index (κ1) is 13.7. The Morgan fingerprint density at radius 3 is 2.43 bits per heavy atom. The fourth-order valence-corrected chi connectivity index (χ4v) is 2.80. The smallest absolute Gasteiger partial charge is 0.185 e. The minimum Gasteiger partial charge on any atom is -0.508 e. The van der Waals surface area contributed by atoms with Gasteiger partial charge in [0.1, 0.15) is 17.1 Å². The number of fused-ring (bicyclic) bond motifs is 2. The summed E-state index contributed by atoms with van der Waals surface area (Å²) in [5.41, 5.74) is 4.36. The number of aromatic hydroxyl groups is 1. The molecule has 0 bridgehead atoms. The second-order valence-corrected chi connectivity index (χ2v) is 5.37. The highest BCUT2D eigenvalue weighted by molar-refractivity contribution is 5.89. The average molecular weight is 282 g/mol. The van der Waals surface area contributed by atoms with Gasteiger partial charge in [0.05, 0.1) is 0 Å². The van der Waals surface area contributed by atoms with Crippen LogP contribution < -0.4 is 5.43 Å². The van der Waals surface area contributed by atoms with Crippen molar-refractivity contribution >= 4 is 11.0 Å². The van der Waals surface area contributed by atoms with Gasteiger partial charge in [-0.05, 0) is 43.0 Å². The number of benzene rings is 2. The molecule has 1 aromatic carbocycles. The molecule has 0 amide bonds. The van der Waals surface area contributed by atoms with E-state index in [9.17, 15) is 9.90 Å². The van der Waals surface area contributed by atoms with Crippen LogP contribution in [0.15, 0.2) is 33.5 Å². The molecule has 0 saturated heterocycles. The van der Waals surface area contributed by atoms with Crippen molar-refractivity contribution in [3.63, 3.8) is 0 Å². The zero-order valence-corrected chi connectivity index (χ0v) is 12.5. The lowest BCUT2D eigenvalue weighted by Gasteiger charge is -2.14. The molecule has 1 aliphatic heterocycles. The number of aryl methyl sites for hydroxylation is 3. The first-order valence-electron chi connectivity index (χ1n) is 7.27. The summed E-state index contributed by atoms with van der Waals surface area (Å²) in [6, 6.07) is 7.08. The number of hydrogen-bond donors (Lipinski definition) is 1. The van der Waals surface area contributed by atoms with Gasteiger partial charge in [-0.1, -0.05) is 13.8 Å². The zero-order valence-electron chi connectivity index (χ0n) is 12.5. The molecule has 3 rings (SSSR count). The maximum absolute atomic E-state index is 12.0. The summed E-state index contributed by atoms with van der Waals surface area (Å²) in [4.78, 5) is 12.0. The van der Waals surface area contributed by atoms with Crippen molar-refractivity contribution in [3.05, 3.63) is 51.2 Å². The maximum atomic E-state index is 12.0. The molecule has 0 spiro atoms. The van der Waals surface area contributed by atoms with Gasteiger partial charge >= 0.3 is 0 Å². The van der Waals surface area contributed by atoms with E-state index in [1.165, 1.54) is 0 Å². The molecule has 0 radical (unpaired) electrons. The summed E-state index contributed by atoms with van der Waals surface area (Å²) in [7, 11) is 0. The van der Waals surface area contributed by atoms with Crippen molar-refractivity contribution in [1.29, 1.82) is 0 Å². The minimum atomic E-state index is 0.00176. The topological polar surface area (TPSA) is 50.4 Å². The van der Waals surface area contributed by atoms with Crippen molar-refractivity contribution in [2.24, 2.45) is 0 Å². The van der Waals surface area contributed by atoms with Gasteiger partial charge in [0.15, 0.2) is 5.43 Å². The molecule has 3 nitrogen and oxygen atoms in total. The van der Waals surface area contributed by atoms with E-state index < -0.39 is 0 Å². The van der Waals surface area contributed by atoms with E-state index in [2.05, 4.69) is 0 Å². The van der Waals surface area contributed by atoms with Gasteiger partial charge in [0.2, 0.25) is 0 Å². The van der Waals surface area contributed by atoms with Gasteiger partial charge in [-0.2, -0.15) is 0 Å². The van der Waals surface area contributed by atoms with Crippen molar-refractivity contribution in [1.82, 2.24) is 0 Å². The predicted molar refractivity (Wildman–Crippen MR) is 84.3 cm³/mol. The summed E-state index contributed by atoms with van der Waals surface area (Å²) >= 11 is 0. The largest absolute Gasteiger partial charge is 0.508 e.